The minimum Gasteiger partial charge on any atom is -0.301 e. The van der Waals surface area contributed by atoms with Crippen molar-refractivity contribution in [1.82, 2.24) is 4.90 Å². The zero-order valence-electron chi connectivity index (χ0n) is 9.71. The summed E-state index contributed by atoms with van der Waals surface area (Å²) in [5, 5.41) is 0. The third-order valence-corrected chi connectivity index (χ3v) is 3.73. The molecule has 0 radical (unpaired) electrons. The molecule has 1 aliphatic rings. The van der Waals surface area contributed by atoms with Crippen molar-refractivity contribution in [3.63, 3.8) is 0 Å². The van der Waals surface area contributed by atoms with E-state index in [2.05, 4.69) is 31.4 Å². The normalized spacial score (nSPS) is 26.6. The van der Waals surface area contributed by atoms with Gasteiger partial charge in [-0.15, -0.1) is 0 Å². The Bertz CT molecular complexity index is 143. The monoisotopic (exact) mass is 215 g/mol. The van der Waals surface area contributed by atoms with Crippen molar-refractivity contribution in [2.24, 2.45) is 5.92 Å². The average molecular weight is 215 g/mol. The fraction of sp³-hybridized carbons (Fsp3) is 1.00. The Balaban J connectivity index is 2.14. The third kappa shape index (κ3) is 3.47. The van der Waals surface area contributed by atoms with Gasteiger partial charge >= 0.3 is 0 Å². The van der Waals surface area contributed by atoms with E-state index < -0.39 is 0 Å². The number of hydrogen-bond donors (Lipinski definition) is 1. The standard InChI is InChI=1S/C12H25NS/c1-3-5-7-13(4-2)12-9-11(10-12)6-8-14/h11-12,14H,3-10H2,1-2H3. The van der Waals surface area contributed by atoms with Crippen LogP contribution in [-0.4, -0.2) is 29.8 Å². The molecular weight excluding hydrogens is 190 g/mol. The van der Waals surface area contributed by atoms with Crippen LogP contribution in [0.1, 0.15) is 46.0 Å². The summed E-state index contributed by atoms with van der Waals surface area (Å²) in [6, 6.07) is 0.899. The zero-order valence-corrected chi connectivity index (χ0v) is 10.6. The number of unbranched alkanes of at least 4 members (excludes halogenated alkanes) is 1. The van der Waals surface area contributed by atoms with Crippen molar-refractivity contribution in [2.45, 2.75) is 52.0 Å². The van der Waals surface area contributed by atoms with E-state index in [9.17, 15) is 0 Å². The second-order valence-electron chi connectivity index (χ2n) is 4.49. The van der Waals surface area contributed by atoms with Crippen LogP contribution in [0.5, 0.6) is 0 Å². The van der Waals surface area contributed by atoms with Gasteiger partial charge in [-0.05, 0) is 50.4 Å². The van der Waals surface area contributed by atoms with E-state index in [1.54, 1.807) is 0 Å². The van der Waals surface area contributed by atoms with Gasteiger partial charge in [0.15, 0.2) is 0 Å². The predicted octanol–water partition coefficient (Wildman–Crippen LogP) is 3.21. The largest absolute Gasteiger partial charge is 0.301 e. The highest BCUT2D eigenvalue weighted by atomic mass is 32.1. The summed E-state index contributed by atoms with van der Waals surface area (Å²) in [7, 11) is 0. The maximum Gasteiger partial charge on any atom is 0.0100 e. The van der Waals surface area contributed by atoms with Gasteiger partial charge in [0.25, 0.3) is 0 Å². The van der Waals surface area contributed by atoms with Crippen LogP contribution in [-0.2, 0) is 0 Å². The van der Waals surface area contributed by atoms with Crippen LogP contribution in [0.25, 0.3) is 0 Å². The molecule has 1 nitrogen and oxygen atoms in total. The maximum absolute atomic E-state index is 4.29. The van der Waals surface area contributed by atoms with Crippen molar-refractivity contribution in [3.8, 4) is 0 Å². The van der Waals surface area contributed by atoms with Gasteiger partial charge in [-0.2, -0.15) is 12.6 Å². The van der Waals surface area contributed by atoms with Crippen LogP contribution in [0.4, 0.5) is 0 Å². The van der Waals surface area contributed by atoms with Gasteiger partial charge in [-0.1, -0.05) is 20.3 Å². The first-order valence-corrected chi connectivity index (χ1v) is 6.79. The Morgan fingerprint density at radius 3 is 2.50 bits per heavy atom. The summed E-state index contributed by atoms with van der Waals surface area (Å²) in [6.45, 7) is 7.11. The molecule has 0 aromatic carbocycles. The average Bonchev–Trinajstić information content (AvgIpc) is 2.14. The first kappa shape index (κ1) is 12.4. The molecule has 0 heterocycles. The van der Waals surface area contributed by atoms with E-state index >= 15 is 0 Å². The molecule has 1 saturated carbocycles. The van der Waals surface area contributed by atoms with Gasteiger partial charge in [0, 0.05) is 6.04 Å². The SMILES string of the molecule is CCCCN(CC)C1CC(CCS)C1. The lowest BCUT2D eigenvalue weighted by atomic mass is 9.77. The van der Waals surface area contributed by atoms with E-state index in [1.807, 2.05) is 0 Å². The molecule has 0 aromatic rings. The minimum absolute atomic E-state index is 0.899. The second-order valence-corrected chi connectivity index (χ2v) is 4.93. The number of rotatable bonds is 7. The van der Waals surface area contributed by atoms with Crippen molar-refractivity contribution in [3.05, 3.63) is 0 Å². The summed E-state index contributed by atoms with van der Waals surface area (Å²) in [4.78, 5) is 2.67. The van der Waals surface area contributed by atoms with Gasteiger partial charge in [-0.3, -0.25) is 0 Å². The van der Waals surface area contributed by atoms with Crippen molar-refractivity contribution < 1.29 is 0 Å². The topological polar surface area (TPSA) is 3.24 Å². The van der Waals surface area contributed by atoms with Gasteiger partial charge in [0.05, 0.1) is 0 Å². The van der Waals surface area contributed by atoms with Crippen LogP contribution < -0.4 is 0 Å². The smallest absolute Gasteiger partial charge is 0.0100 e. The fourth-order valence-electron chi connectivity index (χ4n) is 2.38. The molecule has 0 N–H and O–H groups in total. The summed E-state index contributed by atoms with van der Waals surface area (Å²) in [6.07, 6.45) is 6.87. The van der Waals surface area contributed by atoms with E-state index in [-0.39, 0.29) is 0 Å². The second kappa shape index (κ2) is 6.73. The molecule has 2 heteroatoms. The highest BCUT2D eigenvalue weighted by molar-refractivity contribution is 7.80. The molecule has 0 bridgehead atoms. The molecule has 0 spiro atoms. The van der Waals surface area contributed by atoms with Crippen LogP contribution in [0, 0.1) is 5.92 Å². The Morgan fingerprint density at radius 2 is 2.00 bits per heavy atom. The quantitative estimate of drug-likeness (QED) is 0.638. The van der Waals surface area contributed by atoms with Crippen molar-refractivity contribution >= 4 is 12.6 Å². The van der Waals surface area contributed by atoms with E-state index in [0.717, 1.165) is 17.7 Å². The molecule has 14 heavy (non-hydrogen) atoms. The Hall–Kier alpha value is 0.310. The Labute approximate surface area is 94.7 Å². The third-order valence-electron chi connectivity index (χ3n) is 3.47. The number of thiol groups is 1. The fourth-order valence-corrected chi connectivity index (χ4v) is 2.74. The number of nitrogens with zero attached hydrogens (tertiary/aromatic N) is 1. The predicted molar refractivity (Wildman–Crippen MR) is 67.1 cm³/mol. The van der Waals surface area contributed by atoms with E-state index in [4.69, 9.17) is 0 Å². The molecule has 0 atom stereocenters. The summed E-state index contributed by atoms with van der Waals surface area (Å²) in [5.74, 6) is 2.05. The molecule has 1 rings (SSSR count). The molecule has 0 saturated heterocycles. The molecule has 0 aromatic heterocycles. The lowest BCUT2D eigenvalue weighted by Crippen LogP contribution is -2.45. The zero-order chi connectivity index (χ0) is 10.4. The van der Waals surface area contributed by atoms with Crippen LogP contribution in [0.2, 0.25) is 0 Å². The highest BCUT2D eigenvalue weighted by Gasteiger charge is 2.31. The van der Waals surface area contributed by atoms with Gasteiger partial charge in [-0.25, -0.2) is 0 Å². The Morgan fingerprint density at radius 1 is 1.29 bits per heavy atom. The van der Waals surface area contributed by atoms with E-state index in [1.165, 1.54) is 45.2 Å². The van der Waals surface area contributed by atoms with Gasteiger partial charge in [0.2, 0.25) is 0 Å². The van der Waals surface area contributed by atoms with Crippen LogP contribution >= 0.6 is 12.6 Å². The molecule has 1 fully saturated rings. The highest BCUT2D eigenvalue weighted by Crippen LogP contribution is 2.34. The lowest BCUT2D eigenvalue weighted by molar-refractivity contribution is 0.0801. The summed E-state index contributed by atoms with van der Waals surface area (Å²) in [5.41, 5.74) is 0. The maximum atomic E-state index is 4.29. The minimum atomic E-state index is 0.899. The number of hydrogen-bond acceptors (Lipinski definition) is 2. The van der Waals surface area contributed by atoms with Crippen molar-refractivity contribution in [2.75, 3.05) is 18.8 Å². The first-order valence-electron chi connectivity index (χ1n) is 6.16. The van der Waals surface area contributed by atoms with Gasteiger partial charge < -0.3 is 4.90 Å². The molecular formula is C12H25NS. The Kier molecular flexibility index (Phi) is 5.95. The molecule has 0 unspecified atom stereocenters. The molecule has 84 valence electrons. The summed E-state index contributed by atoms with van der Waals surface area (Å²) < 4.78 is 0. The first-order chi connectivity index (χ1) is 6.81. The van der Waals surface area contributed by atoms with E-state index in [0.29, 0.717) is 0 Å². The van der Waals surface area contributed by atoms with Crippen LogP contribution in [0.3, 0.4) is 0 Å². The molecule has 1 aliphatic carbocycles. The van der Waals surface area contributed by atoms with Gasteiger partial charge in [0.1, 0.15) is 0 Å². The molecule has 0 amide bonds. The summed E-state index contributed by atoms with van der Waals surface area (Å²) >= 11 is 4.29. The van der Waals surface area contributed by atoms with Crippen molar-refractivity contribution in [1.29, 1.82) is 0 Å². The van der Waals surface area contributed by atoms with Crippen LogP contribution in [0.15, 0.2) is 0 Å². The molecule has 0 aliphatic heterocycles. The lowest BCUT2D eigenvalue weighted by Gasteiger charge is -2.42.